The summed E-state index contributed by atoms with van der Waals surface area (Å²) in [7, 11) is 1.88. The zero-order valence-corrected chi connectivity index (χ0v) is 22.8. The first-order chi connectivity index (χ1) is 18.9. The van der Waals surface area contributed by atoms with E-state index in [1.54, 1.807) is 0 Å². The molecule has 0 aromatic carbocycles. The molecule has 0 spiro atoms. The molecule has 2 saturated carbocycles. The zero-order chi connectivity index (χ0) is 28.4. The molecular weight excluding hydrogens is 535 g/mol. The van der Waals surface area contributed by atoms with E-state index >= 15 is 0 Å². The number of hydrazine groups is 1. The van der Waals surface area contributed by atoms with Crippen molar-refractivity contribution in [2.75, 3.05) is 33.4 Å². The first kappa shape index (κ1) is 28.1. The van der Waals surface area contributed by atoms with Gasteiger partial charge in [0.2, 0.25) is 5.92 Å². The van der Waals surface area contributed by atoms with Crippen molar-refractivity contribution in [3.8, 4) is 0 Å². The summed E-state index contributed by atoms with van der Waals surface area (Å²) < 4.78 is 79.4. The maximum absolute atomic E-state index is 14.3. The maximum Gasteiger partial charge on any atom is 0.418 e. The van der Waals surface area contributed by atoms with Gasteiger partial charge >= 0.3 is 11.9 Å². The van der Waals surface area contributed by atoms with Gasteiger partial charge in [-0.25, -0.2) is 24.4 Å². The largest absolute Gasteiger partial charge is 0.418 e. The van der Waals surface area contributed by atoms with Gasteiger partial charge < -0.3 is 4.74 Å². The van der Waals surface area contributed by atoms with Crippen molar-refractivity contribution in [2.24, 2.45) is 11.3 Å². The third kappa shape index (κ3) is 4.97. The van der Waals surface area contributed by atoms with Crippen LogP contribution in [0.2, 0.25) is 0 Å². The third-order valence-corrected chi connectivity index (χ3v) is 9.47. The topological polar surface area (TPSA) is 66.2 Å². The highest BCUT2D eigenvalue weighted by Crippen LogP contribution is 2.62. The van der Waals surface area contributed by atoms with E-state index in [1.807, 2.05) is 23.8 Å². The van der Waals surface area contributed by atoms with Gasteiger partial charge in [-0.15, -0.1) is 0 Å². The molecule has 0 radical (unpaired) electrons. The van der Waals surface area contributed by atoms with Crippen LogP contribution in [-0.4, -0.2) is 70.4 Å². The number of fused-ring (bicyclic) bond motifs is 1. The van der Waals surface area contributed by atoms with Crippen molar-refractivity contribution in [3.05, 3.63) is 40.1 Å². The minimum absolute atomic E-state index is 0.0171. The van der Waals surface area contributed by atoms with Crippen LogP contribution in [0.5, 0.6) is 0 Å². The second-order valence-corrected chi connectivity index (χ2v) is 12.3. The molecule has 3 unspecified atom stereocenters. The molecule has 2 aliphatic carbocycles. The van der Waals surface area contributed by atoms with Crippen LogP contribution in [0.25, 0.3) is 5.52 Å². The molecule has 0 bridgehead atoms. The molecule has 4 heterocycles. The number of hydrogen-bond acceptors (Lipinski definition) is 6. The second-order valence-electron chi connectivity index (χ2n) is 12.3. The Morgan fingerprint density at radius 2 is 1.95 bits per heavy atom. The van der Waals surface area contributed by atoms with Gasteiger partial charge in [-0.05, 0) is 50.8 Å². The van der Waals surface area contributed by atoms with Gasteiger partial charge in [0.1, 0.15) is 0 Å². The Labute approximate surface area is 229 Å². The molecule has 0 amide bonds. The summed E-state index contributed by atoms with van der Waals surface area (Å²) in [6, 6.07) is 0.782. The highest BCUT2D eigenvalue weighted by Gasteiger charge is 2.64. The number of pyridine rings is 1. The molecule has 40 heavy (non-hydrogen) atoms. The van der Waals surface area contributed by atoms with E-state index < -0.39 is 28.8 Å². The molecule has 13 heteroatoms. The minimum Gasteiger partial charge on any atom is -0.376 e. The minimum atomic E-state index is -4.64. The van der Waals surface area contributed by atoms with Gasteiger partial charge in [0, 0.05) is 56.3 Å². The molecule has 2 saturated heterocycles. The normalized spacial score (nSPS) is 31.5. The first-order valence-corrected chi connectivity index (χ1v) is 14.1. The average Bonchev–Trinajstić information content (AvgIpc) is 3.44. The van der Waals surface area contributed by atoms with E-state index in [9.17, 15) is 26.7 Å². The van der Waals surface area contributed by atoms with Crippen LogP contribution in [0.3, 0.4) is 0 Å². The van der Waals surface area contributed by atoms with Crippen LogP contribution in [0.1, 0.15) is 62.6 Å². The molecule has 2 aliphatic heterocycles. The van der Waals surface area contributed by atoms with Crippen molar-refractivity contribution < 1.29 is 26.7 Å². The Kier molecular flexibility index (Phi) is 7.05. The monoisotopic (exact) mass is 572 g/mol. The standard InChI is InChI=1S/C27H37F5N6O2/c1-17-10-36(6-7-40-17)11-18-8-21(27(30,31)32)22-13-37(24(39)38(22)12-18)20-5-3-4-19(9-20)25(14-26(28,29)15-25)23-34-33-16-35(23)2/h8,12-13,17,19-20,23,33-34H,3-7,9-11,14-16H2,1-2H3/t17-,19?,20?,23?/m1/s1. The van der Waals surface area contributed by atoms with E-state index in [0.717, 1.165) is 23.3 Å². The van der Waals surface area contributed by atoms with Gasteiger partial charge in [-0.1, -0.05) is 6.42 Å². The maximum atomic E-state index is 14.3. The van der Waals surface area contributed by atoms with Crippen LogP contribution in [0.4, 0.5) is 22.0 Å². The number of ether oxygens (including phenoxy) is 1. The summed E-state index contributed by atoms with van der Waals surface area (Å²) in [5.74, 6) is -2.84. The molecule has 2 aromatic rings. The number of halogens is 5. The molecule has 8 nitrogen and oxygen atoms in total. The van der Waals surface area contributed by atoms with Crippen molar-refractivity contribution >= 4 is 5.52 Å². The van der Waals surface area contributed by atoms with Gasteiger partial charge in [0.05, 0.1) is 36.6 Å². The molecular formula is C27H37F5N6O2. The molecule has 2 aromatic heterocycles. The molecule has 2 N–H and O–H groups in total. The predicted molar refractivity (Wildman–Crippen MR) is 138 cm³/mol. The van der Waals surface area contributed by atoms with Crippen LogP contribution in [0.15, 0.2) is 23.3 Å². The van der Waals surface area contributed by atoms with Crippen molar-refractivity contribution in [2.45, 2.75) is 82.4 Å². The highest BCUT2D eigenvalue weighted by atomic mass is 19.4. The number of hydrogen-bond donors (Lipinski definition) is 2. The third-order valence-electron chi connectivity index (χ3n) is 9.47. The summed E-state index contributed by atoms with van der Waals surface area (Å²) in [6.07, 6.45) is -0.0206. The zero-order valence-electron chi connectivity index (χ0n) is 22.8. The molecule has 4 aliphatic rings. The Morgan fingerprint density at radius 3 is 2.60 bits per heavy atom. The molecule has 6 rings (SSSR count). The fraction of sp³-hybridized carbons (Fsp3) is 0.741. The SMILES string of the molecule is C[C@@H]1CN(Cc2cc(C(F)(F)F)c3cn(C4CCCC(C5(C6NNCN6C)CC(F)(F)C5)C4)c(=O)n3c2)CCO1. The van der Waals surface area contributed by atoms with Gasteiger partial charge in [-0.3, -0.25) is 18.8 Å². The fourth-order valence-electron chi connectivity index (χ4n) is 7.74. The molecule has 4 fully saturated rings. The Hall–Kier alpha value is -2.06. The van der Waals surface area contributed by atoms with Gasteiger partial charge in [-0.2, -0.15) is 13.2 Å². The lowest BCUT2D eigenvalue weighted by molar-refractivity contribution is -0.214. The number of nitrogens with zero attached hydrogens (tertiary/aromatic N) is 4. The number of aromatic nitrogens is 2. The predicted octanol–water partition coefficient (Wildman–Crippen LogP) is 3.81. The number of morpholine rings is 1. The van der Waals surface area contributed by atoms with Crippen LogP contribution in [0, 0.1) is 11.3 Å². The van der Waals surface area contributed by atoms with Crippen molar-refractivity contribution in [3.63, 3.8) is 0 Å². The fourth-order valence-corrected chi connectivity index (χ4v) is 7.74. The second kappa shape index (κ2) is 10.0. The lowest BCUT2D eigenvalue weighted by atomic mass is 9.53. The van der Waals surface area contributed by atoms with Crippen molar-refractivity contribution in [1.29, 1.82) is 0 Å². The first-order valence-electron chi connectivity index (χ1n) is 14.1. The van der Waals surface area contributed by atoms with E-state index in [2.05, 4.69) is 10.9 Å². The lowest BCUT2D eigenvalue weighted by Gasteiger charge is -2.57. The number of alkyl halides is 5. The van der Waals surface area contributed by atoms with E-state index in [4.69, 9.17) is 4.74 Å². The summed E-state index contributed by atoms with van der Waals surface area (Å²) in [5.41, 5.74) is 4.41. The quantitative estimate of drug-likeness (QED) is 0.532. The van der Waals surface area contributed by atoms with E-state index in [-0.39, 0.29) is 49.1 Å². The Morgan fingerprint density at radius 1 is 1.18 bits per heavy atom. The van der Waals surface area contributed by atoms with Gasteiger partial charge in [0.25, 0.3) is 0 Å². The summed E-state index contributed by atoms with van der Waals surface area (Å²) in [5, 5.41) is 0. The smallest absolute Gasteiger partial charge is 0.376 e. The summed E-state index contributed by atoms with van der Waals surface area (Å²) >= 11 is 0. The summed E-state index contributed by atoms with van der Waals surface area (Å²) in [6.45, 7) is 4.44. The molecule has 4 atom stereocenters. The van der Waals surface area contributed by atoms with Gasteiger partial charge in [0.15, 0.2) is 0 Å². The Balaban J connectivity index is 1.32. The Bertz CT molecular complexity index is 1300. The highest BCUT2D eigenvalue weighted by molar-refractivity contribution is 5.56. The number of rotatable bonds is 5. The van der Waals surface area contributed by atoms with Crippen LogP contribution >= 0.6 is 0 Å². The summed E-state index contributed by atoms with van der Waals surface area (Å²) in [4.78, 5) is 17.6. The van der Waals surface area contributed by atoms with E-state index in [1.165, 1.54) is 17.0 Å². The lowest BCUT2D eigenvalue weighted by Crippen LogP contribution is -2.64. The number of nitrogens with one attached hydrogen (secondary N) is 2. The average molecular weight is 573 g/mol. The number of imidazole rings is 1. The van der Waals surface area contributed by atoms with Crippen LogP contribution < -0.4 is 16.5 Å². The van der Waals surface area contributed by atoms with E-state index in [0.29, 0.717) is 44.8 Å². The molecule has 222 valence electrons. The van der Waals surface area contributed by atoms with Crippen molar-refractivity contribution in [1.82, 2.24) is 29.6 Å². The van der Waals surface area contributed by atoms with Crippen LogP contribution in [-0.2, 0) is 17.5 Å².